The largest absolute Gasteiger partial charge is 0.322 e. The average Bonchev–Trinajstić information content (AvgIpc) is 3.09. The molecule has 0 aliphatic heterocycles. The van der Waals surface area contributed by atoms with Crippen LogP contribution in [0.4, 0.5) is 20.2 Å². The number of hydrogen-bond donors (Lipinski definition) is 1. The summed E-state index contributed by atoms with van der Waals surface area (Å²) in [5, 5.41) is 17.2. The summed E-state index contributed by atoms with van der Waals surface area (Å²) in [5.41, 5.74) is -0.734. The molecule has 1 N–H and O–H groups in total. The highest BCUT2D eigenvalue weighted by Gasteiger charge is 2.21. The molecule has 2 aromatic carbocycles. The van der Waals surface area contributed by atoms with Crippen LogP contribution in [0.3, 0.4) is 0 Å². The number of hydrogen-bond acceptors (Lipinski definition) is 4. The first-order valence-electron chi connectivity index (χ1n) is 7.00. The standard InChI is InChI=1S/C16H10F2N4O3/c17-10-2-4-12(15(8-10)22(24)25)16(23)20-11-3-5-14(13(18)9-11)21-7-1-6-19-21/h1-9H,(H,20,23). The number of halogens is 2. The molecular formula is C16H10F2N4O3. The van der Waals surface area contributed by atoms with E-state index in [1.807, 2.05) is 0 Å². The van der Waals surface area contributed by atoms with Crippen LogP contribution in [-0.2, 0) is 0 Å². The molecule has 0 aliphatic rings. The Kier molecular flexibility index (Phi) is 4.21. The van der Waals surface area contributed by atoms with Crippen LogP contribution in [0.15, 0.2) is 54.9 Å². The first-order valence-corrected chi connectivity index (χ1v) is 7.00. The summed E-state index contributed by atoms with van der Waals surface area (Å²) in [6, 6.07) is 8.09. The van der Waals surface area contributed by atoms with Crippen molar-refractivity contribution in [2.45, 2.75) is 0 Å². The van der Waals surface area contributed by atoms with E-state index in [0.717, 1.165) is 18.2 Å². The van der Waals surface area contributed by atoms with Crippen molar-refractivity contribution in [1.29, 1.82) is 0 Å². The molecular weight excluding hydrogens is 334 g/mol. The number of carbonyl (C=O) groups excluding carboxylic acids is 1. The Labute approximate surface area is 139 Å². The number of nitrogens with one attached hydrogen (secondary N) is 1. The van der Waals surface area contributed by atoms with Crippen molar-refractivity contribution in [3.63, 3.8) is 0 Å². The van der Waals surface area contributed by atoms with Crippen LogP contribution in [0.5, 0.6) is 0 Å². The second kappa shape index (κ2) is 6.48. The van der Waals surface area contributed by atoms with Gasteiger partial charge >= 0.3 is 0 Å². The van der Waals surface area contributed by atoms with Crippen molar-refractivity contribution < 1.29 is 18.5 Å². The molecule has 126 valence electrons. The molecule has 0 unspecified atom stereocenters. The zero-order valence-electron chi connectivity index (χ0n) is 12.5. The van der Waals surface area contributed by atoms with E-state index in [2.05, 4.69) is 10.4 Å². The highest BCUT2D eigenvalue weighted by molar-refractivity contribution is 6.07. The third-order valence-corrected chi connectivity index (χ3v) is 3.36. The monoisotopic (exact) mass is 344 g/mol. The van der Waals surface area contributed by atoms with Crippen molar-refractivity contribution in [2.75, 3.05) is 5.32 Å². The van der Waals surface area contributed by atoms with E-state index in [4.69, 9.17) is 0 Å². The maximum atomic E-state index is 14.2. The van der Waals surface area contributed by atoms with Gasteiger partial charge in [0.1, 0.15) is 17.1 Å². The molecule has 3 aromatic rings. The third-order valence-electron chi connectivity index (χ3n) is 3.36. The predicted molar refractivity (Wildman–Crippen MR) is 84.5 cm³/mol. The van der Waals surface area contributed by atoms with Gasteiger partial charge in [0.2, 0.25) is 0 Å². The topological polar surface area (TPSA) is 90.1 Å². The Balaban J connectivity index is 1.87. The molecule has 1 amide bonds. The SMILES string of the molecule is O=C(Nc1ccc(-n2cccn2)c(F)c1)c1ccc(F)cc1[N+](=O)[O-]. The van der Waals surface area contributed by atoms with Crippen molar-refractivity contribution >= 4 is 17.3 Å². The lowest BCUT2D eigenvalue weighted by Crippen LogP contribution is -2.14. The minimum absolute atomic E-state index is 0.0945. The Hall–Kier alpha value is -3.62. The van der Waals surface area contributed by atoms with Crippen LogP contribution in [0.1, 0.15) is 10.4 Å². The Bertz CT molecular complexity index is 958. The van der Waals surface area contributed by atoms with Gasteiger partial charge in [0.25, 0.3) is 11.6 Å². The van der Waals surface area contributed by atoms with E-state index < -0.39 is 28.2 Å². The number of nitro groups is 1. The molecule has 0 fully saturated rings. The molecule has 0 spiro atoms. The van der Waals surface area contributed by atoms with Crippen LogP contribution in [-0.4, -0.2) is 20.6 Å². The molecule has 1 aromatic heterocycles. The third kappa shape index (κ3) is 3.34. The fraction of sp³-hybridized carbons (Fsp3) is 0. The van der Waals surface area contributed by atoms with E-state index in [0.29, 0.717) is 6.07 Å². The van der Waals surface area contributed by atoms with Gasteiger partial charge in [-0.25, -0.2) is 13.5 Å². The molecule has 0 saturated carbocycles. The first kappa shape index (κ1) is 16.2. The molecule has 3 rings (SSSR count). The van der Waals surface area contributed by atoms with Gasteiger partial charge in [-0.2, -0.15) is 5.10 Å². The van der Waals surface area contributed by atoms with E-state index in [-0.39, 0.29) is 16.9 Å². The van der Waals surface area contributed by atoms with Crippen LogP contribution in [0, 0.1) is 21.7 Å². The lowest BCUT2D eigenvalue weighted by atomic mass is 10.1. The quantitative estimate of drug-likeness (QED) is 0.581. The van der Waals surface area contributed by atoms with Crippen molar-refractivity contribution in [1.82, 2.24) is 9.78 Å². The first-order chi connectivity index (χ1) is 12.0. The number of benzene rings is 2. The van der Waals surface area contributed by atoms with Crippen molar-refractivity contribution in [3.05, 3.63) is 82.2 Å². The maximum absolute atomic E-state index is 14.2. The molecule has 0 radical (unpaired) electrons. The van der Waals surface area contributed by atoms with Gasteiger partial charge in [-0.05, 0) is 36.4 Å². The molecule has 7 nitrogen and oxygen atoms in total. The fourth-order valence-electron chi connectivity index (χ4n) is 2.23. The zero-order valence-corrected chi connectivity index (χ0v) is 12.5. The van der Waals surface area contributed by atoms with Crippen LogP contribution in [0.2, 0.25) is 0 Å². The number of carbonyl (C=O) groups is 1. The van der Waals surface area contributed by atoms with E-state index in [1.165, 1.54) is 23.0 Å². The van der Waals surface area contributed by atoms with Crippen LogP contribution >= 0.6 is 0 Å². The van der Waals surface area contributed by atoms with Gasteiger partial charge in [-0.15, -0.1) is 0 Å². The van der Waals surface area contributed by atoms with Crippen molar-refractivity contribution in [3.8, 4) is 5.69 Å². The van der Waals surface area contributed by atoms with Gasteiger partial charge < -0.3 is 5.32 Å². The number of nitro benzene ring substituents is 1. The van der Waals surface area contributed by atoms with E-state index >= 15 is 0 Å². The average molecular weight is 344 g/mol. The lowest BCUT2D eigenvalue weighted by Gasteiger charge is -2.08. The zero-order chi connectivity index (χ0) is 18.0. The second-order valence-corrected chi connectivity index (χ2v) is 4.99. The highest BCUT2D eigenvalue weighted by Crippen LogP contribution is 2.22. The van der Waals surface area contributed by atoms with Crippen LogP contribution in [0.25, 0.3) is 5.69 Å². The number of rotatable bonds is 4. The second-order valence-electron chi connectivity index (χ2n) is 4.99. The van der Waals surface area contributed by atoms with Crippen molar-refractivity contribution in [2.24, 2.45) is 0 Å². The summed E-state index contributed by atoms with van der Waals surface area (Å²) in [6.07, 6.45) is 3.04. The smallest absolute Gasteiger partial charge is 0.285 e. The summed E-state index contributed by atoms with van der Waals surface area (Å²) in [4.78, 5) is 22.3. The Morgan fingerprint density at radius 2 is 2.00 bits per heavy atom. The molecule has 9 heteroatoms. The molecule has 0 saturated heterocycles. The molecule has 25 heavy (non-hydrogen) atoms. The lowest BCUT2D eigenvalue weighted by molar-refractivity contribution is -0.385. The Morgan fingerprint density at radius 1 is 1.20 bits per heavy atom. The fourth-order valence-corrected chi connectivity index (χ4v) is 2.23. The number of anilines is 1. The number of aromatic nitrogens is 2. The summed E-state index contributed by atoms with van der Waals surface area (Å²) < 4.78 is 28.6. The molecule has 1 heterocycles. The normalized spacial score (nSPS) is 10.5. The summed E-state index contributed by atoms with van der Waals surface area (Å²) >= 11 is 0. The van der Waals surface area contributed by atoms with Gasteiger partial charge in [0, 0.05) is 18.1 Å². The Morgan fingerprint density at radius 3 is 2.64 bits per heavy atom. The highest BCUT2D eigenvalue weighted by atomic mass is 19.1. The van der Waals surface area contributed by atoms with E-state index in [1.54, 1.807) is 12.3 Å². The minimum atomic E-state index is -0.862. The number of nitrogens with zero attached hydrogens (tertiary/aromatic N) is 3. The van der Waals surface area contributed by atoms with Gasteiger partial charge in [-0.1, -0.05) is 0 Å². The molecule has 0 aliphatic carbocycles. The summed E-state index contributed by atoms with van der Waals surface area (Å²) in [7, 11) is 0. The summed E-state index contributed by atoms with van der Waals surface area (Å²) in [6.45, 7) is 0. The van der Waals surface area contributed by atoms with Crippen LogP contribution < -0.4 is 5.32 Å². The van der Waals surface area contributed by atoms with Gasteiger partial charge in [0.05, 0.1) is 11.0 Å². The number of amides is 1. The molecule has 0 atom stereocenters. The predicted octanol–water partition coefficient (Wildman–Crippen LogP) is 3.31. The molecule has 0 bridgehead atoms. The maximum Gasteiger partial charge on any atom is 0.285 e. The van der Waals surface area contributed by atoms with Gasteiger partial charge in [-0.3, -0.25) is 14.9 Å². The van der Waals surface area contributed by atoms with E-state index in [9.17, 15) is 23.7 Å². The van der Waals surface area contributed by atoms with Gasteiger partial charge in [0.15, 0.2) is 5.82 Å². The minimum Gasteiger partial charge on any atom is -0.322 e. The summed E-state index contributed by atoms with van der Waals surface area (Å²) in [5.74, 6) is -2.33.